The second kappa shape index (κ2) is 13.8. The summed E-state index contributed by atoms with van der Waals surface area (Å²) in [6.45, 7) is 2.06. The fraction of sp³-hybridized carbons (Fsp3) is 0.342. The SMILES string of the molecule is CO[C@@]12[C@H](COC(N)=O)C3=C(C(=O)C(C)=C(N)C3=O)N1C[C@H]1[C@@H]2N1C.COc1cc(C(=O)c2cocc2C(=O)c2ccc3c(c2)OCO3)cc(OC)c1OC. The molecule has 5 heterocycles. The minimum atomic E-state index is -0.949. The standard InChI is InChI=1S/C22H18O8.C16H20N4O5/c1-25-18-7-13(8-19(26-2)22(18)27-3)21(24)15-10-28-9-14(15)20(23)12-4-5-16-17(6-12)30-11-29-16;1-6-10(17)13(22)9-7(5-25-15(18)23)16(24-3)14-8(19(14)2)4-20(16)11(9)12(6)21/h4-10H,11H2,1-3H3;7-8,14H,4-5,17H2,1-3H3,(H2,18,23)/t;7-,8+,14+,16-,19?/m.1/s1. The number of nitrogens with zero attached hydrogens (tertiary/aromatic N) is 2. The van der Waals surface area contributed by atoms with Crippen LogP contribution in [-0.2, 0) is 19.1 Å². The Hall–Kier alpha value is -6.33. The monoisotopic (exact) mass is 758 g/mol. The molecule has 2 aromatic carbocycles. The van der Waals surface area contributed by atoms with Crippen LogP contribution in [-0.4, -0.2) is 112 Å². The second-order valence-corrected chi connectivity index (χ2v) is 13.2. The second-order valence-electron chi connectivity index (χ2n) is 13.2. The van der Waals surface area contributed by atoms with Crippen molar-refractivity contribution in [3.8, 4) is 28.7 Å². The van der Waals surface area contributed by atoms with Crippen molar-refractivity contribution in [1.82, 2.24) is 9.80 Å². The number of carbonyl (C=O) groups is 5. The lowest BCUT2D eigenvalue weighted by Crippen LogP contribution is -2.55. The van der Waals surface area contributed by atoms with Crippen molar-refractivity contribution in [2.75, 3.05) is 55.4 Å². The number of amides is 1. The Bertz CT molecular complexity index is 2200. The number of likely N-dealkylation sites (N-methyl/N-ethyl adjacent to an activating group) is 1. The van der Waals surface area contributed by atoms with E-state index in [2.05, 4.69) is 4.90 Å². The number of allylic oxidation sites excluding steroid dienone is 2. The van der Waals surface area contributed by atoms with Crippen molar-refractivity contribution in [3.63, 3.8) is 0 Å². The maximum Gasteiger partial charge on any atom is 0.404 e. The van der Waals surface area contributed by atoms with Crippen molar-refractivity contribution in [3.05, 3.63) is 87.7 Å². The third kappa shape index (κ3) is 5.65. The summed E-state index contributed by atoms with van der Waals surface area (Å²) in [4.78, 5) is 67.0. The van der Waals surface area contributed by atoms with Gasteiger partial charge in [-0.3, -0.25) is 24.1 Å². The quantitative estimate of drug-likeness (QED) is 0.172. The van der Waals surface area contributed by atoms with Crippen molar-refractivity contribution in [1.29, 1.82) is 0 Å². The zero-order chi connectivity index (χ0) is 39.5. The molecule has 5 atom stereocenters. The number of benzene rings is 2. The predicted molar refractivity (Wildman–Crippen MR) is 189 cm³/mol. The minimum Gasteiger partial charge on any atom is -0.493 e. The van der Waals surface area contributed by atoms with Gasteiger partial charge in [0.2, 0.25) is 24.1 Å². The number of nitrogens with two attached hydrogens (primary N) is 2. The van der Waals surface area contributed by atoms with Crippen molar-refractivity contribution >= 4 is 29.2 Å². The molecule has 0 radical (unpaired) electrons. The highest BCUT2D eigenvalue weighted by atomic mass is 16.7. The van der Waals surface area contributed by atoms with Crippen LogP contribution in [0.4, 0.5) is 4.79 Å². The van der Waals surface area contributed by atoms with Crippen LogP contribution in [0.1, 0.15) is 38.8 Å². The summed E-state index contributed by atoms with van der Waals surface area (Å²) in [5.74, 6) is -0.0720. The fourth-order valence-corrected chi connectivity index (χ4v) is 7.94. The lowest BCUT2D eigenvalue weighted by Gasteiger charge is -2.40. The van der Waals surface area contributed by atoms with Gasteiger partial charge in [-0.2, -0.15) is 0 Å². The average Bonchev–Trinajstić information content (AvgIpc) is 3.73. The smallest absolute Gasteiger partial charge is 0.404 e. The normalized spacial score (nSPS) is 24.1. The summed E-state index contributed by atoms with van der Waals surface area (Å²) >= 11 is 0. The maximum absolute atomic E-state index is 13.2. The summed E-state index contributed by atoms with van der Waals surface area (Å²) in [5, 5.41) is 0. The highest BCUT2D eigenvalue weighted by Gasteiger charge is 2.75. The highest BCUT2D eigenvalue weighted by molar-refractivity contribution is 6.25. The van der Waals surface area contributed by atoms with Crippen LogP contribution in [0.25, 0.3) is 0 Å². The third-order valence-electron chi connectivity index (χ3n) is 10.7. The number of Topliss-reactive ketones (excluding diaryl/α,β-unsaturated/α-hetero) is 2. The van der Waals surface area contributed by atoms with E-state index in [1.807, 2.05) is 11.9 Å². The number of rotatable bonds is 10. The first kappa shape index (κ1) is 37.0. The van der Waals surface area contributed by atoms with E-state index < -0.39 is 29.3 Å². The number of primary amides is 1. The van der Waals surface area contributed by atoms with Crippen LogP contribution in [0.2, 0.25) is 0 Å². The molecule has 1 amide bonds. The lowest BCUT2D eigenvalue weighted by atomic mass is 9.82. The van der Waals surface area contributed by atoms with Gasteiger partial charge < -0.3 is 53.9 Å². The maximum atomic E-state index is 13.2. The molecule has 8 rings (SSSR count). The van der Waals surface area contributed by atoms with E-state index in [1.54, 1.807) is 25.1 Å². The molecule has 55 heavy (non-hydrogen) atoms. The first-order valence-corrected chi connectivity index (χ1v) is 17.0. The van der Waals surface area contributed by atoms with E-state index >= 15 is 0 Å². The van der Waals surface area contributed by atoms with Gasteiger partial charge in [-0.1, -0.05) is 0 Å². The first-order valence-electron chi connectivity index (χ1n) is 17.0. The van der Waals surface area contributed by atoms with Gasteiger partial charge in [0.25, 0.3) is 0 Å². The van der Waals surface area contributed by atoms with Gasteiger partial charge in [0.05, 0.1) is 55.8 Å². The average molecular weight is 759 g/mol. The Labute approximate surface area is 314 Å². The molecule has 0 spiro atoms. The number of hydrogen-bond donors (Lipinski definition) is 2. The molecule has 3 aromatic rings. The Morgan fingerprint density at radius 2 is 1.53 bits per heavy atom. The number of ketones is 4. The van der Waals surface area contributed by atoms with Crippen LogP contribution in [0, 0.1) is 5.92 Å². The number of furan rings is 1. The molecular formula is C38H38N4O13. The number of piperazine rings is 1. The molecule has 17 nitrogen and oxygen atoms in total. The molecule has 4 N–H and O–H groups in total. The van der Waals surface area contributed by atoms with Gasteiger partial charge in [-0.25, -0.2) is 4.79 Å². The van der Waals surface area contributed by atoms with E-state index in [4.69, 9.17) is 49.0 Å². The molecule has 17 heteroatoms. The molecule has 0 bridgehead atoms. The molecule has 2 saturated heterocycles. The van der Waals surface area contributed by atoms with E-state index in [9.17, 15) is 24.0 Å². The topological polar surface area (TPSA) is 221 Å². The van der Waals surface area contributed by atoms with Crippen molar-refractivity contribution < 1.29 is 61.5 Å². The molecule has 1 aromatic heterocycles. The molecule has 288 valence electrons. The van der Waals surface area contributed by atoms with Gasteiger partial charge in [-0.15, -0.1) is 0 Å². The van der Waals surface area contributed by atoms with Gasteiger partial charge >= 0.3 is 6.09 Å². The Morgan fingerprint density at radius 1 is 0.891 bits per heavy atom. The summed E-state index contributed by atoms with van der Waals surface area (Å²) in [6, 6.07) is 8.08. The molecule has 0 saturated carbocycles. The van der Waals surface area contributed by atoms with Crippen LogP contribution in [0.5, 0.6) is 28.7 Å². The number of carbonyl (C=O) groups excluding carboxylic acids is 5. The van der Waals surface area contributed by atoms with Gasteiger partial charge in [-0.05, 0) is 44.3 Å². The van der Waals surface area contributed by atoms with Gasteiger partial charge in [0, 0.05) is 42.0 Å². The zero-order valence-electron chi connectivity index (χ0n) is 30.8. The van der Waals surface area contributed by atoms with Crippen LogP contribution >= 0.6 is 0 Å². The molecule has 1 aliphatic carbocycles. The summed E-state index contributed by atoms with van der Waals surface area (Å²) in [6.07, 6.45) is 1.55. The van der Waals surface area contributed by atoms with Gasteiger partial charge in [0.15, 0.2) is 40.3 Å². The minimum absolute atomic E-state index is 0.00768. The van der Waals surface area contributed by atoms with Crippen LogP contribution < -0.4 is 35.2 Å². The van der Waals surface area contributed by atoms with E-state index in [-0.39, 0.29) is 70.6 Å². The Kier molecular flexibility index (Phi) is 9.30. The molecule has 4 aliphatic heterocycles. The zero-order valence-corrected chi connectivity index (χ0v) is 30.8. The molecule has 1 unspecified atom stereocenters. The predicted octanol–water partition coefficient (Wildman–Crippen LogP) is 2.19. The fourth-order valence-electron chi connectivity index (χ4n) is 7.94. The van der Waals surface area contributed by atoms with E-state index in [0.717, 1.165) is 0 Å². The summed E-state index contributed by atoms with van der Waals surface area (Å²) < 4.78 is 42.6. The third-order valence-corrected chi connectivity index (χ3v) is 10.7. The van der Waals surface area contributed by atoms with Gasteiger partial charge in [0.1, 0.15) is 19.1 Å². The van der Waals surface area contributed by atoms with Crippen molar-refractivity contribution in [2.45, 2.75) is 24.7 Å². The Balaban J connectivity index is 0.000000172. The number of fused-ring (bicyclic) bond motifs is 5. The van der Waals surface area contributed by atoms with Crippen LogP contribution in [0.15, 0.2) is 69.8 Å². The highest BCUT2D eigenvalue weighted by Crippen LogP contribution is 2.59. The lowest BCUT2D eigenvalue weighted by molar-refractivity contribution is -0.144. The molecular weight excluding hydrogens is 720 g/mol. The number of methoxy groups -OCH3 is 4. The number of ether oxygens (including phenoxy) is 7. The first-order chi connectivity index (χ1) is 26.3. The van der Waals surface area contributed by atoms with E-state index in [1.165, 1.54) is 53.1 Å². The summed E-state index contributed by atoms with van der Waals surface area (Å²) in [5.41, 5.74) is 11.6. The van der Waals surface area contributed by atoms with Crippen molar-refractivity contribution in [2.24, 2.45) is 17.4 Å². The van der Waals surface area contributed by atoms with E-state index in [0.29, 0.717) is 46.6 Å². The summed E-state index contributed by atoms with van der Waals surface area (Å²) in [7, 11) is 7.88. The largest absolute Gasteiger partial charge is 0.493 e. The Morgan fingerprint density at radius 3 is 2.13 bits per heavy atom. The molecule has 5 aliphatic rings. The number of hydrogen-bond acceptors (Lipinski definition) is 16. The molecule has 2 fully saturated rings. The van der Waals surface area contributed by atoms with Crippen LogP contribution in [0.3, 0.4) is 0 Å².